The molecule has 1 aromatic carbocycles. The standard InChI is InChI=1S/C20H23F3N4O/c1-19(11-24)7-8-26(12-19)18(28)16-10-25-27(17(16)13-5-6-13)15-4-2-3-14(9-15)20(21,22)23/h2-4,9-10,13H,5-8,11-12,24H2,1H3. The van der Waals surface area contributed by atoms with Gasteiger partial charge in [0.15, 0.2) is 0 Å². The Morgan fingerprint density at radius 3 is 2.71 bits per heavy atom. The number of aromatic nitrogens is 2. The predicted molar refractivity (Wildman–Crippen MR) is 98.2 cm³/mol. The number of rotatable bonds is 4. The van der Waals surface area contributed by atoms with E-state index < -0.39 is 11.7 Å². The molecule has 150 valence electrons. The largest absolute Gasteiger partial charge is 0.416 e. The molecule has 1 saturated heterocycles. The van der Waals surface area contributed by atoms with Crippen LogP contribution in [0.4, 0.5) is 13.2 Å². The van der Waals surface area contributed by atoms with E-state index in [1.807, 2.05) is 0 Å². The first kappa shape index (κ1) is 19.0. The minimum atomic E-state index is -4.43. The Kier molecular flexibility index (Phi) is 4.49. The molecular weight excluding hydrogens is 369 g/mol. The third-order valence-corrected chi connectivity index (χ3v) is 5.76. The number of hydrogen-bond donors (Lipinski definition) is 1. The summed E-state index contributed by atoms with van der Waals surface area (Å²) in [5.74, 6) is 0.0387. The molecule has 1 unspecified atom stereocenters. The summed E-state index contributed by atoms with van der Waals surface area (Å²) in [4.78, 5) is 14.9. The summed E-state index contributed by atoms with van der Waals surface area (Å²) in [6.45, 7) is 3.79. The van der Waals surface area contributed by atoms with Crippen molar-refractivity contribution in [2.75, 3.05) is 19.6 Å². The summed E-state index contributed by atoms with van der Waals surface area (Å²) in [6.07, 6.45) is -0.273. The first-order chi connectivity index (χ1) is 13.2. The highest BCUT2D eigenvalue weighted by Gasteiger charge is 2.39. The zero-order valence-corrected chi connectivity index (χ0v) is 15.7. The number of halogens is 3. The van der Waals surface area contributed by atoms with Crippen molar-refractivity contribution >= 4 is 5.91 Å². The van der Waals surface area contributed by atoms with E-state index in [4.69, 9.17) is 5.73 Å². The van der Waals surface area contributed by atoms with Crippen LogP contribution >= 0.6 is 0 Å². The van der Waals surface area contributed by atoms with E-state index in [0.29, 0.717) is 36.6 Å². The van der Waals surface area contributed by atoms with Gasteiger partial charge >= 0.3 is 6.18 Å². The van der Waals surface area contributed by atoms with Crippen molar-refractivity contribution in [3.8, 4) is 5.69 Å². The van der Waals surface area contributed by atoms with Crippen molar-refractivity contribution in [3.63, 3.8) is 0 Å². The molecule has 0 radical (unpaired) electrons. The lowest BCUT2D eigenvalue weighted by Gasteiger charge is -2.22. The summed E-state index contributed by atoms with van der Waals surface area (Å²) >= 11 is 0. The zero-order chi connectivity index (χ0) is 20.1. The molecule has 0 bridgehead atoms. The Hall–Kier alpha value is -2.35. The van der Waals surface area contributed by atoms with Crippen molar-refractivity contribution in [2.24, 2.45) is 11.1 Å². The van der Waals surface area contributed by atoms with Gasteiger partial charge in [0, 0.05) is 19.0 Å². The van der Waals surface area contributed by atoms with Crippen LogP contribution in [0.3, 0.4) is 0 Å². The number of amides is 1. The second-order valence-electron chi connectivity index (χ2n) is 8.17. The number of benzene rings is 1. The summed E-state index contributed by atoms with van der Waals surface area (Å²) < 4.78 is 40.8. The number of likely N-dealkylation sites (tertiary alicyclic amines) is 1. The maximum absolute atomic E-state index is 13.1. The van der Waals surface area contributed by atoms with Gasteiger partial charge in [-0.3, -0.25) is 4.79 Å². The van der Waals surface area contributed by atoms with E-state index in [2.05, 4.69) is 12.0 Å². The average Bonchev–Trinajstić information content (AvgIpc) is 3.28. The van der Waals surface area contributed by atoms with Crippen molar-refractivity contribution in [3.05, 3.63) is 47.3 Å². The highest BCUT2D eigenvalue weighted by Crippen LogP contribution is 2.43. The molecule has 8 heteroatoms. The van der Waals surface area contributed by atoms with E-state index in [-0.39, 0.29) is 17.2 Å². The minimum Gasteiger partial charge on any atom is -0.338 e. The normalized spacial score (nSPS) is 22.7. The molecule has 1 amide bonds. The number of carbonyl (C=O) groups excluding carboxylic acids is 1. The average molecular weight is 392 g/mol. The Morgan fingerprint density at radius 2 is 2.11 bits per heavy atom. The van der Waals surface area contributed by atoms with Gasteiger partial charge in [0.05, 0.1) is 28.7 Å². The number of nitrogens with two attached hydrogens (primary N) is 1. The Labute approximate surface area is 161 Å². The van der Waals surface area contributed by atoms with Crippen molar-refractivity contribution in [1.82, 2.24) is 14.7 Å². The van der Waals surface area contributed by atoms with Gasteiger partial charge in [-0.25, -0.2) is 4.68 Å². The van der Waals surface area contributed by atoms with Gasteiger partial charge in [0.2, 0.25) is 0 Å². The summed E-state index contributed by atoms with van der Waals surface area (Å²) in [7, 11) is 0. The molecule has 2 aliphatic rings. The van der Waals surface area contributed by atoms with Crippen LogP contribution in [-0.2, 0) is 6.18 Å². The molecule has 1 atom stereocenters. The second kappa shape index (κ2) is 6.62. The van der Waals surface area contributed by atoms with E-state index >= 15 is 0 Å². The van der Waals surface area contributed by atoms with Gasteiger partial charge < -0.3 is 10.6 Å². The minimum absolute atomic E-state index is 0.0908. The predicted octanol–water partition coefficient (Wildman–Crippen LogP) is 3.58. The smallest absolute Gasteiger partial charge is 0.338 e. The van der Waals surface area contributed by atoms with Crippen LogP contribution in [0.15, 0.2) is 30.5 Å². The Bertz CT molecular complexity index is 903. The molecule has 0 spiro atoms. The fraction of sp³-hybridized carbons (Fsp3) is 0.500. The van der Waals surface area contributed by atoms with E-state index in [1.165, 1.54) is 16.9 Å². The highest BCUT2D eigenvalue weighted by atomic mass is 19.4. The fourth-order valence-electron chi connectivity index (χ4n) is 3.83. The SMILES string of the molecule is CC1(CN)CCN(C(=O)c2cnn(-c3cccc(C(F)(F)F)c3)c2C2CC2)C1. The molecule has 1 saturated carbocycles. The first-order valence-electron chi connectivity index (χ1n) is 9.47. The Balaban J connectivity index is 1.69. The van der Waals surface area contributed by atoms with Crippen LogP contribution in [0.25, 0.3) is 5.69 Å². The van der Waals surface area contributed by atoms with E-state index in [1.54, 1.807) is 11.0 Å². The molecular formula is C20H23F3N4O. The van der Waals surface area contributed by atoms with Crippen LogP contribution in [0.5, 0.6) is 0 Å². The third-order valence-electron chi connectivity index (χ3n) is 5.76. The van der Waals surface area contributed by atoms with Gasteiger partial charge in [-0.05, 0) is 49.4 Å². The zero-order valence-electron chi connectivity index (χ0n) is 15.7. The van der Waals surface area contributed by atoms with Crippen molar-refractivity contribution in [1.29, 1.82) is 0 Å². The summed E-state index contributed by atoms with van der Waals surface area (Å²) in [5, 5.41) is 4.30. The molecule has 28 heavy (non-hydrogen) atoms. The molecule has 2 heterocycles. The monoisotopic (exact) mass is 392 g/mol. The van der Waals surface area contributed by atoms with Gasteiger partial charge in [-0.2, -0.15) is 18.3 Å². The Morgan fingerprint density at radius 1 is 1.36 bits per heavy atom. The highest BCUT2D eigenvalue weighted by molar-refractivity contribution is 5.95. The third kappa shape index (κ3) is 3.41. The van der Waals surface area contributed by atoms with Crippen molar-refractivity contribution < 1.29 is 18.0 Å². The van der Waals surface area contributed by atoms with Gasteiger partial charge in [0.25, 0.3) is 5.91 Å². The van der Waals surface area contributed by atoms with Crippen LogP contribution in [0, 0.1) is 5.41 Å². The molecule has 2 fully saturated rings. The second-order valence-corrected chi connectivity index (χ2v) is 8.17. The molecule has 2 N–H and O–H groups in total. The van der Waals surface area contributed by atoms with E-state index in [0.717, 1.165) is 31.4 Å². The van der Waals surface area contributed by atoms with Gasteiger partial charge in [-0.15, -0.1) is 0 Å². The fourth-order valence-corrected chi connectivity index (χ4v) is 3.83. The quantitative estimate of drug-likeness (QED) is 0.865. The van der Waals surface area contributed by atoms with Crippen LogP contribution in [0.2, 0.25) is 0 Å². The molecule has 1 aromatic heterocycles. The van der Waals surface area contributed by atoms with Crippen LogP contribution < -0.4 is 5.73 Å². The van der Waals surface area contributed by atoms with Crippen molar-refractivity contribution in [2.45, 2.75) is 38.3 Å². The van der Waals surface area contributed by atoms with E-state index in [9.17, 15) is 18.0 Å². The van der Waals surface area contributed by atoms with Crippen LogP contribution in [0.1, 0.15) is 53.7 Å². The lowest BCUT2D eigenvalue weighted by molar-refractivity contribution is -0.137. The maximum Gasteiger partial charge on any atom is 0.416 e. The molecule has 5 nitrogen and oxygen atoms in total. The molecule has 4 rings (SSSR count). The van der Waals surface area contributed by atoms with Gasteiger partial charge in [-0.1, -0.05) is 13.0 Å². The lowest BCUT2D eigenvalue weighted by atomic mass is 9.90. The number of hydrogen-bond acceptors (Lipinski definition) is 3. The molecule has 1 aliphatic heterocycles. The number of carbonyl (C=O) groups is 1. The topological polar surface area (TPSA) is 64.2 Å². The summed E-state index contributed by atoms with van der Waals surface area (Å²) in [5.41, 5.74) is 6.55. The number of alkyl halides is 3. The molecule has 1 aliphatic carbocycles. The number of nitrogens with zero attached hydrogens (tertiary/aromatic N) is 3. The molecule has 2 aromatic rings. The van der Waals surface area contributed by atoms with Gasteiger partial charge in [0.1, 0.15) is 0 Å². The van der Waals surface area contributed by atoms with Crippen LogP contribution in [-0.4, -0.2) is 40.2 Å². The maximum atomic E-state index is 13.1. The lowest BCUT2D eigenvalue weighted by Crippen LogP contribution is -2.34. The summed E-state index contributed by atoms with van der Waals surface area (Å²) in [6, 6.07) is 5.07. The first-order valence-corrected chi connectivity index (χ1v) is 9.47.